The van der Waals surface area contributed by atoms with E-state index in [1.165, 1.54) is 115 Å². The third-order valence-electron chi connectivity index (χ3n) is 12.2. The summed E-state index contributed by atoms with van der Waals surface area (Å²) >= 11 is 0.808. The Kier molecular flexibility index (Phi) is 19.4. The normalized spacial score (nSPS) is 11.9. The van der Waals surface area contributed by atoms with E-state index < -0.39 is 63.9 Å². The van der Waals surface area contributed by atoms with Crippen LogP contribution in [0.5, 0.6) is 0 Å². The van der Waals surface area contributed by atoms with Gasteiger partial charge in [0.2, 0.25) is 5.13 Å². The summed E-state index contributed by atoms with van der Waals surface area (Å²) in [4.78, 5) is 46.6. The molecular weight excluding hydrogens is 1250 g/mol. The predicted octanol–water partition coefficient (Wildman–Crippen LogP) is 8.92. The molecule has 0 unspecified atom stereocenters. The summed E-state index contributed by atoms with van der Waals surface area (Å²) in [6.45, 7) is 1.47. The summed E-state index contributed by atoms with van der Waals surface area (Å²) in [7, 11) is -14.3. The molecule has 88 heavy (non-hydrogen) atoms. The number of aromatic nitrogens is 4. The average molecular weight is 1290 g/mol. The second kappa shape index (κ2) is 26.7. The fourth-order valence-electron chi connectivity index (χ4n) is 8.14. The Morgan fingerprint density at radius 3 is 1.89 bits per heavy atom. The zero-order valence-corrected chi connectivity index (χ0v) is 49.8. The van der Waals surface area contributed by atoms with E-state index in [4.69, 9.17) is 14.5 Å². The van der Waals surface area contributed by atoms with Crippen LogP contribution in [0.2, 0.25) is 0 Å². The van der Waals surface area contributed by atoms with Crippen molar-refractivity contribution in [1.82, 2.24) is 19.7 Å². The van der Waals surface area contributed by atoms with Crippen molar-refractivity contribution in [2.45, 2.75) is 34.8 Å². The van der Waals surface area contributed by atoms with Crippen LogP contribution in [0.1, 0.15) is 54.1 Å². The van der Waals surface area contributed by atoms with Crippen molar-refractivity contribution in [3.63, 3.8) is 0 Å². The zero-order valence-electron chi connectivity index (χ0n) is 45.7. The minimum absolute atomic E-state index is 0.00599. The second-order valence-corrected chi connectivity index (χ2v) is 25.3. The molecule has 0 saturated heterocycles. The van der Waals surface area contributed by atoms with Crippen LogP contribution in [-0.2, 0) is 81.2 Å². The molecule has 0 aliphatic heterocycles. The number of hydrogen-bond donors (Lipinski definition) is 5. The number of esters is 1. The maximum Gasteiger partial charge on any atom is 0.337 e. The van der Waals surface area contributed by atoms with Gasteiger partial charge in [0.15, 0.2) is 22.5 Å². The molecule has 35 heteroatoms. The third kappa shape index (κ3) is 15.5. The topological polar surface area (TPSA) is 442 Å². The Balaban J connectivity index is 1.23. The molecule has 0 aliphatic carbocycles. The van der Waals surface area contributed by atoms with Crippen molar-refractivity contribution in [3.8, 4) is 29.1 Å². The van der Waals surface area contributed by atoms with E-state index in [1.807, 2.05) is 6.07 Å². The number of nitrogens with zero attached hydrogens (tertiary/aromatic N) is 10. The number of benzene rings is 5. The standard InChI is InChI=1S/C53H43N13O17S5/c1-30-44(24-55)47(57-37-10-14-41(15-11-37)87(76,77)81-3)61-48(58-38-12-16-42(17-13-38)88(78,79)82-4)45(30)62-65-53-60-46(33-6-8-39(9-7-33)59-50(68)43-18-5-31(27-85(70,71)72)19-35(43)28-86(73,74)75)51(84-53)64-63-49-36(23-54)25-56-66(49)40-21-32(26-83-29-67)20-34(22-40)52(69)80-2/h5-22,25,29H,26-28H2,1-4H3,(H,59,68)(H2,57,58,61)(H,70,71,72)(H,73,74,75). The van der Waals surface area contributed by atoms with Crippen LogP contribution >= 0.6 is 11.3 Å². The number of ether oxygens (including phenoxy) is 2. The lowest BCUT2D eigenvalue weighted by atomic mass is 10.0. The molecule has 0 atom stereocenters. The second-order valence-electron chi connectivity index (χ2n) is 18.0. The van der Waals surface area contributed by atoms with Crippen LogP contribution in [-0.4, -0.2) is 102 Å². The van der Waals surface area contributed by atoms with E-state index in [0.29, 0.717) is 16.8 Å². The van der Waals surface area contributed by atoms with Gasteiger partial charge in [-0.05, 0) is 109 Å². The first kappa shape index (κ1) is 63.9. The van der Waals surface area contributed by atoms with Crippen LogP contribution in [0.15, 0.2) is 146 Å². The van der Waals surface area contributed by atoms with E-state index in [9.17, 15) is 67.7 Å². The maximum atomic E-state index is 13.7. The van der Waals surface area contributed by atoms with Crippen molar-refractivity contribution in [2.75, 3.05) is 37.3 Å². The van der Waals surface area contributed by atoms with E-state index in [-0.39, 0.29) is 118 Å². The molecular formula is C53H43N13O17S5. The number of anilines is 5. The molecule has 0 bridgehead atoms. The first-order valence-electron chi connectivity index (χ1n) is 24.6. The number of carbonyl (C=O) groups is 3. The Hall–Kier alpha value is -10.1. The first-order chi connectivity index (χ1) is 41.7. The van der Waals surface area contributed by atoms with E-state index in [2.05, 4.69) is 60.9 Å². The Morgan fingerprint density at radius 2 is 1.32 bits per heavy atom. The van der Waals surface area contributed by atoms with Gasteiger partial charge in [0, 0.05) is 33.8 Å². The van der Waals surface area contributed by atoms with Crippen molar-refractivity contribution in [3.05, 3.63) is 160 Å². The first-order valence-corrected chi connectivity index (χ1v) is 31.4. The van der Waals surface area contributed by atoms with Gasteiger partial charge in [-0.25, -0.2) is 19.4 Å². The van der Waals surface area contributed by atoms with Crippen molar-refractivity contribution in [1.29, 1.82) is 10.5 Å². The highest BCUT2D eigenvalue weighted by molar-refractivity contribution is 7.87. The smallest absolute Gasteiger partial charge is 0.337 e. The van der Waals surface area contributed by atoms with Crippen molar-refractivity contribution in [2.24, 2.45) is 20.5 Å². The average Bonchev–Trinajstić information content (AvgIpc) is 1.90. The monoisotopic (exact) mass is 1290 g/mol. The molecule has 30 nitrogen and oxygen atoms in total. The van der Waals surface area contributed by atoms with Gasteiger partial charge < -0.3 is 25.4 Å². The van der Waals surface area contributed by atoms with E-state index in [0.717, 1.165) is 44.8 Å². The van der Waals surface area contributed by atoms with Crippen molar-refractivity contribution < 1.29 is 75.0 Å². The Morgan fingerprint density at radius 1 is 0.705 bits per heavy atom. The number of hydrogen-bond acceptors (Lipinski definition) is 27. The molecule has 3 aromatic heterocycles. The minimum Gasteiger partial charge on any atom is -0.465 e. The number of nitrogens with one attached hydrogen (secondary N) is 3. The van der Waals surface area contributed by atoms with Gasteiger partial charge in [0.05, 0.1) is 54.1 Å². The highest BCUT2D eigenvalue weighted by Crippen LogP contribution is 2.43. The van der Waals surface area contributed by atoms with Crippen LogP contribution in [0.25, 0.3) is 16.9 Å². The van der Waals surface area contributed by atoms with Crippen LogP contribution in [0.3, 0.4) is 0 Å². The lowest BCUT2D eigenvalue weighted by molar-refractivity contribution is -0.129. The Bertz CT molecular complexity index is 4680. The Labute approximate surface area is 504 Å². The summed E-state index contributed by atoms with van der Waals surface area (Å²) in [5, 5.41) is 51.5. The molecule has 0 radical (unpaired) electrons. The van der Waals surface area contributed by atoms with Gasteiger partial charge in [-0.3, -0.25) is 27.1 Å². The molecule has 5 N–H and O–H groups in total. The quantitative estimate of drug-likeness (QED) is 0.0124. The fraction of sp³-hybridized carbons (Fsp3) is 0.132. The number of amides is 1. The number of rotatable bonds is 24. The maximum absolute atomic E-state index is 13.7. The fourth-order valence-corrected chi connectivity index (χ4v) is 11.4. The zero-order chi connectivity index (χ0) is 63.7. The van der Waals surface area contributed by atoms with Crippen LogP contribution in [0, 0.1) is 29.6 Å². The lowest BCUT2D eigenvalue weighted by Crippen LogP contribution is -2.16. The summed E-state index contributed by atoms with van der Waals surface area (Å²) in [6, 6.07) is 28.2. The molecule has 5 aromatic carbocycles. The van der Waals surface area contributed by atoms with Gasteiger partial charge >= 0.3 is 5.97 Å². The number of azo groups is 2. The number of methoxy groups -OCH3 is 1. The third-order valence-corrected chi connectivity index (χ3v) is 17.0. The van der Waals surface area contributed by atoms with E-state index >= 15 is 0 Å². The highest BCUT2D eigenvalue weighted by Gasteiger charge is 2.24. The number of thiazole rings is 1. The molecule has 8 rings (SSSR count). The molecule has 1 amide bonds. The van der Waals surface area contributed by atoms with Gasteiger partial charge in [-0.2, -0.15) is 49.3 Å². The molecule has 452 valence electrons. The molecule has 3 heterocycles. The van der Waals surface area contributed by atoms with Gasteiger partial charge in [0.25, 0.3) is 52.9 Å². The van der Waals surface area contributed by atoms with Crippen LogP contribution < -0.4 is 16.0 Å². The lowest BCUT2D eigenvalue weighted by Gasteiger charge is -2.16. The molecule has 0 saturated carbocycles. The summed E-state index contributed by atoms with van der Waals surface area (Å²) in [5.41, 5.74) is 0.925. The number of pyridine rings is 1. The van der Waals surface area contributed by atoms with E-state index in [1.54, 1.807) is 0 Å². The van der Waals surface area contributed by atoms with Crippen molar-refractivity contribution >= 4 is 120 Å². The number of nitriles is 2. The SMILES string of the molecule is COC(=O)c1cc(COC=O)cc(-n2ncc(C#N)c2N=Nc2sc(N=Nc3c(Nc4ccc(S(=O)(=O)OC)cc4)nc(Nc4ccc(S(=O)(=O)OC)cc4)c(C#N)c3C)nc2-c2ccc(NC(=O)c3ccc(CS(=O)(=O)O)cc3CS(=O)(=O)O)cc2)c1. The number of carbonyl (C=O) groups excluding carboxylic acids is 3. The van der Waals surface area contributed by atoms with Gasteiger partial charge in [-0.1, -0.05) is 35.6 Å². The molecule has 0 spiro atoms. The predicted molar refractivity (Wildman–Crippen MR) is 313 cm³/mol. The summed E-state index contributed by atoms with van der Waals surface area (Å²) in [5.74, 6) is -3.89. The summed E-state index contributed by atoms with van der Waals surface area (Å²) < 4.78 is 136. The largest absolute Gasteiger partial charge is 0.465 e. The molecule has 0 fully saturated rings. The minimum atomic E-state index is -4.76. The van der Waals surface area contributed by atoms with Gasteiger partial charge in [0.1, 0.15) is 47.2 Å². The molecule has 0 aliphatic rings. The van der Waals surface area contributed by atoms with Crippen LogP contribution in [0.4, 0.5) is 50.3 Å². The van der Waals surface area contributed by atoms with Gasteiger partial charge in [-0.15, -0.1) is 20.5 Å². The molecule has 8 aromatic rings. The summed E-state index contributed by atoms with van der Waals surface area (Å²) in [6.07, 6.45) is 1.18. The highest BCUT2D eigenvalue weighted by atomic mass is 32.2.